The lowest BCUT2D eigenvalue weighted by Crippen LogP contribution is -2.50. The van der Waals surface area contributed by atoms with Crippen molar-refractivity contribution in [2.24, 2.45) is 0 Å². The SMILES string of the molecule is CCCCNC(=O)[C@@H](Cc1ccccc1)N(Cc1ccc(Cl)cc1)C(=O)CCCN(c1ccc(OCC)cc1)S(C)(=O)=O. The van der Waals surface area contributed by atoms with E-state index in [9.17, 15) is 18.0 Å². The van der Waals surface area contributed by atoms with Crippen LogP contribution in [0.3, 0.4) is 0 Å². The van der Waals surface area contributed by atoms with Gasteiger partial charge in [-0.1, -0.05) is 67.4 Å². The van der Waals surface area contributed by atoms with Crippen LogP contribution in [0.4, 0.5) is 5.69 Å². The Hall–Kier alpha value is -3.56. The molecule has 2 amide bonds. The number of rotatable bonds is 17. The molecule has 0 fully saturated rings. The average Bonchev–Trinajstić information content (AvgIpc) is 2.98. The molecular weight excluding hydrogens is 586 g/mol. The summed E-state index contributed by atoms with van der Waals surface area (Å²) in [4.78, 5) is 29.1. The van der Waals surface area contributed by atoms with Gasteiger partial charge >= 0.3 is 0 Å². The predicted molar refractivity (Wildman–Crippen MR) is 173 cm³/mol. The van der Waals surface area contributed by atoms with E-state index in [0.717, 1.165) is 30.2 Å². The molecule has 0 aromatic heterocycles. The molecule has 1 N–H and O–H groups in total. The molecule has 0 radical (unpaired) electrons. The summed E-state index contributed by atoms with van der Waals surface area (Å²) in [6.07, 6.45) is 3.59. The standard InChI is InChI=1S/C33H42ClN3O5S/c1-4-6-22-35-33(39)31(24-26-11-8-7-9-12-26)36(25-27-14-16-28(34)17-15-27)32(38)13-10-23-37(43(3,40)41)29-18-20-30(21-19-29)42-5-2/h7-9,11-12,14-21,31H,4-6,10,13,22-25H2,1-3H3,(H,35,39)/t31-/m1/s1. The van der Waals surface area contributed by atoms with E-state index in [-0.39, 0.29) is 37.7 Å². The van der Waals surface area contributed by atoms with Crippen LogP contribution in [0.25, 0.3) is 0 Å². The molecule has 3 aromatic carbocycles. The van der Waals surface area contributed by atoms with Gasteiger partial charge < -0.3 is 15.0 Å². The zero-order valence-electron chi connectivity index (χ0n) is 25.2. The van der Waals surface area contributed by atoms with Crippen molar-refractivity contribution in [1.82, 2.24) is 10.2 Å². The number of unbranched alkanes of at least 4 members (excludes halogenated alkanes) is 1. The quantitative estimate of drug-likeness (QED) is 0.190. The van der Waals surface area contributed by atoms with Gasteiger partial charge in [0.25, 0.3) is 0 Å². The second-order valence-corrected chi connectivity index (χ2v) is 12.7. The summed E-state index contributed by atoms with van der Waals surface area (Å²) in [5.41, 5.74) is 2.27. The van der Waals surface area contributed by atoms with Crippen LogP contribution in [0.2, 0.25) is 5.02 Å². The largest absolute Gasteiger partial charge is 0.494 e. The molecule has 1 atom stereocenters. The Morgan fingerprint density at radius 2 is 1.58 bits per heavy atom. The third-order valence-electron chi connectivity index (χ3n) is 6.95. The number of anilines is 1. The second kappa shape index (κ2) is 16.9. The Morgan fingerprint density at radius 1 is 0.907 bits per heavy atom. The number of nitrogens with zero attached hydrogens (tertiary/aromatic N) is 2. The highest BCUT2D eigenvalue weighted by atomic mass is 35.5. The molecule has 232 valence electrons. The summed E-state index contributed by atoms with van der Waals surface area (Å²) in [6, 6.07) is 22.9. The van der Waals surface area contributed by atoms with Crippen LogP contribution >= 0.6 is 11.6 Å². The van der Waals surface area contributed by atoms with E-state index in [1.807, 2.05) is 49.4 Å². The summed E-state index contributed by atoms with van der Waals surface area (Å²) in [5.74, 6) is 0.197. The van der Waals surface area contributed by atoms with Crippen LogP contribution < -0.4 is 14.4 Å². The first-order valence-electron chi connectivity index (χ1n) is 14.7. The summed E-state index contributed by atoms with van der Waals surface area (Å²) < 4.78 is 32.1. The van der Waals surface area contributed by atoms with Crippen LogP contribution in [0.1, 0.15) is 50.7 Å². The minimum Gasteiger partial charge on any atom is -0.494 e. The number of ether oxygens (including phenoxy) is 1. The van der Waals surface area contributed by atoms with Gasteiger partial charge in [-0.3, -0.25) is 13.9 Å². The van der Waals surface area contributed by atoms with E-state index in [2.05, 4.69) is 12.2 Å². The van der Waals surface area contributed by atoms with E-state index in [0.29, 0.717) is 36.0 Å². The van der Waals surface area contributed by atoms with Crippen molar-refractivity contribution in [1.29, 1.82) is 0 Å². The van der Waals surface area contributed by atoms with Gasteiger partial charge in [0.15, 0.2) is 0 Å². The highest BCUT2D eigenvalue weighted by Gasteiger charge is 2.30. The van der Waals surface area contributed by atoms with Gasteiger partial charge in [0.2, 0.25) is 21.8 Å². The van der Waals surface area contributed by atoms with E-state index in [1.54, 1.807) is 41.3 Å². The maximum Gasteiger partial charge on any atom is 0.243 e. The van der Waals surface area contributed by atoms with E-state index >= 15 is 0 Å². The number of carbonyl (C=O) groups excluding carboxylic acids is 2. The Balaban J connectivity index is 1.84. The lowest BCUT2D eigenvalue weighted by molar-refractivity contribution is -0.141. The maximum atomic E-state index is 13.9. The van der Waals surface area contributed by atoms with E-state index in [1.165, 1.54) is 4.31 Å². The summed E-state index contributed by atoms with van der Waals surface area (Å²) in [7, 11) is -3.61. The van der Waals surface area contributed by atoms with Crippen molar-refractivity contribution < 1.29 is 22.7 Å². The third-order valence-corrected chi connectivity index (χ3v) is 8.40. The minimum atomic E-state index is -3.61. The third kappa shape index (κ3) is 10.9. The van der Waals surface area contributed by atoms with Crippen LogP contribution in [0.5, 0.6) is 5.75 Å². The molecule has 3 aromatic rings. The van der Waals surface area contributed by atoms with Crippen molar-refractivity contribution in [3.8, 4) is 5.75 Å². The lowest BCUT2D eigenvalue weighted by Gasteiger charge is -2.32. The van der Waals surface area contributed by atoms with Crippen molar-refractivity contribution in [3.05, 3.63) is 95.0 Å². The summed E-state index contributed by atoms with van der Waals surface area (Å²) in [5, 5.41) is 3.59. The number of sulfonamides is 1. The topological polar surface area (TPSA) is 96.0 Å². The smallest absolute Gasteiger partial charge is 0.243 e. The molecule has 0 heterocycles. The molecule has 0 aliphatic rings. The van der Waals surface area contributed by atoms with Gasteiger partial charge in [-0.05, 0) is 67.3 Å². The fourth-order valence-electron chi connectivity index (χ4n) is 4.73. The molecule has 0 spiro atoms. The number of hydrogen-bond acceptors (Lipinski definition) is 5. The van der Waals surface area contributed by atoms with Crippen molar-refractivity contribution in [2.45, 2.75) is 58.5 Å². The van der Waals surface area contributed by atoms with Crippen molar-refractivity contribution in [2.75, 3.05) is 30.3 Å². The van der Waals surface area contributed by atoms with Crippen LogP contribution in [-0.2, 0) is 32.6 Å². The van der Waals surface area contributed by atoms with Gasteiger partial charge in [0.05, 0.1) is 18.6 Å². The van der Waals surface area contributed by atoms with Crippen molar-refractivity contribution >= 4 is 39.1 Å². The van der Waals surface area contributed by atoms with Gasteiger partial charge in [-0.25, -0.2) is 8.42 Å². The summed E-state index contributed by atoms with van der Waals surface area (Å²) in [6.45, 7) is 5.28. The predicted octanol–water partition coefficient (Wildman–Crippen LogP) is 5.84. The highest BCUT2D eigenvalue weighted by Crippen LogP contribution is 2.23. The highest BCUT2D eigenvalue weighted by molar-refractivity contribution is 7.92. The molecule has 43 heavy (non-hydrogen) atoms. The lowest BCUT2D eigenvalue weighted by atomic mass is 10.0. The number of nitrogens with one attached hydrogen (secondary N) is 1. The van der Waals surface area contributed by atoms with E-state index < -0.39 is 16.1 Å². The molecule has 0 unspecified atom stereocenters. The fourth-order valence-corrected chi connectivity index (χ4v) is 5.82. The maximum absolute atomic E-state index is 13.9. The monoisotopic (exact) mass is 627 g/mol. The number of carbonyl (C=O) groups is 2. The number of hydrogen-bond donors (Lipinski definition) is 1. The molecule has 8 nitrogen and oxygen atoms in total. The second-order valence-electron chi connectivity index (χ2n) is 10.4. The number of halogens is 1. The van der Waals surface area contributed by atoms with Crippen LogP contribution in [0, 0.1) is 0 Å². The minimum absolute atomic E-state index is 0.0597. The summed E-state index contributed by atoms with van der Waals surface area (Å²) >= 11 is 6.11. The first-order chi connectivity index (χ1) is 20.6. The van der Waals surface area contributed by atoms with Gasteiger partial charge in [-0.2, -0.15) is 0 Å². The Bertz CT molecular complexity index is 1400. The first kappa shape index (κ1) is 33.9. The van der Waals surface area contributed by atoms with Gasteiger partial charge in [0, 0.05) is 37.5 Å². The van der Waals surface area contributed by atoms with Crippen molar-refractivity contribution in [3.63, 3.8) is 0 Å². The molecular formula is C33H42ClN3O5S. The van der Waals surface area contributed by atoms with Gasteiger partial charge in [-0.15, -0.1) is 0 Å². The Labute approximate surface area is 261 Å². The van der Waals surface area contributed by atoms with Gasteiger partial charge in [0.1, 0.15) is 11.8 Å². The molecule has 3 rings (SSSR count). The normalized spacial score (nSPS) is 11.9. The average molecular weight is 628 g/mol. The number of benzene rings is 3. The molecule has 0 saturated heterocycles. The molecule has 10 heteroatoms. The molecule has 0 bridgehead atoms. The van der Waals surface area contributed by atoms with E-state index in [4.69, 9.17) is 16.3 Å². The fraction of sp³-hybridized carbons (Fsp3) is 0.394. The zero-order chi connectivity index (χ0) is 31.2. The Kier molecular flexibility index (Phi) is 13.3. The first-order valence-corrected chi connectivity index (χ1v) is 16.9. The van der Waals surface area contributed by atoms with Crippen LogP contribution in [0.15, 0.2) is 78.9 Å². The van der Waals surface area contributed by atoms with Crippen LogP contribution in [-0.4, -0.2) is 57.1 Å². The molecule has 0 saturated carbocycles. The Morgan fingerprint density at radius 3 is 2.19 bits per heavy atom. The molecule has 0 aliphatic carbocycles. The zero-order valence-corrected chi connectivity index (χ0v) is 26.7. The molecule has 0 aliphatic heterocycles. The number of amides is 2.